The number of hydrogen-bond donors (Lipinski definition) is 2. The van der Waals surface area contributed by atoms with Crippen molar-refractivity contribution in [2.24, 2.45) is 40.4 Å². The van der Waals surface area contributed by atoms with Crippen LogP contribution in [0, 0.1) is 40.4 Å². The number of hydrogen-bond acceptors (Lipinski definition) is 4. The lowest BCUT2D eigenvalue weighted by Crippen LogP contribution is -2.59. The molecule has 0 aromatic carbocycles. The van der Waals surface area contributed by atoms with E-state index in [0.717, 1.165) is 43.6 Å². The summed E-state index contributed by atoms with van der Waals surface area (Å²) in [6.45, 7) is 12.1. The molecule has 5 aliphatic rings. The van der Waals surface area contributed by atoms with Gasteiger partial charge in [0.25, 0.3) is 0 Å². The van der Waals surface area contributed by atoms with Crippen LogP contribution in [0.25, 0.3) is 0 Å². The second-order valence-corrected chi connectivity index (χ2v) is 15.1. The van der Waals surface area contributed by atoms with Crippen molar-refractivity contribution in [3.8, 4) is 0 Å². The highest BCUT2D eigenvalue weighted by atomic mass is 31.1. The number of carbonyl (C=O) groups excluding carboxylic acids is 1. The lowest BCUT2D eigenvalue weighted by atomic mass is 9.44. The number of rotatable bonds is 9. The van der Waals surface area contributed by atoms with Gasteiger partial charge < -0.3 is 15.3 Å². The standard InChI is InChI=1S/C31H55N2O2P/c1-30-15-13-26-24(25(30)11-10-22(30)8-7-9-29(35)36-3)21-28(34)27-20-23(12-14-31(26,27)2)32-16-19-33-17-5-4-6-18-33/h22-28,32,34,36H,4-21H2,1-3H3/t22?,23?,24?,25?,26?,27?,28-,30?,31?/m0/s1. The molecule has 0 radical (unpaired) electrons. The van der Waals surface area contributed by atoms with E-state index in [0.29, 0.717) is 42.8 Å². The van der Waals surface area contributed by atoms with Gasteiger partial charge in [-0.15, -0.1) is 0 Å². The zero-order valence-corrected chi connectivity index (χ0v) is 24.6. The average Bonchev–Trinajstić information content (AvgIpc) is 3.21. The predicted molar refractivity (Wildman–Crippen MR) is 152 cm³/mol. The van der Waals surface area contributed by atoms with Crippen molar-refractivity contribution in [2.75, 3.05) is 32.8 Å². The first-order valence-electron chi connectivity index (χ1n) is 15.7. The molecule has 5 heteroatoms. The van der Waals surface area contributed by atoms with Crippen molar-refractivity contribution < 1.29 is 9.90 Å². The summed E-state index contributed by atoms with van der Waals surface area (Å²) in [4.78, 5) is 14.5. The fraction of sp³-hybridized carbons (Fsp3) is 0.968. The molecule has 4 aliphatic carbocycles. The molecule has 10 atom stereocenters. The van der Waals surface area contributed by atoms with Gasteiger partial charge in [-0.1, -0.05) is 28.8 Å². The third-order valence-electron chi connectivity index (χ3n) is 12.4. The largest absolute Gasteiger partial charge is 0.393 e. The Balaban J connectivity index is 1.18. The van der Waals surface area contributed by atoms with E-state index in [1.54, 1.807) is 0 Å². The van der Waals surface area contributed by atoms with E-state index in [4.69, 9.17) is 0 Å². The molecule has 0 aromatic rings. The minimum atomic E-state index is -0.118. The van der Waals surface area contributed by atoms with Gasteiger partial charge in [0, 0.05) is 25.6 Å². The molecule has 4 nitrogen and oxygen atoms in total. The van der Waals surface area contributed by atoms with Gasteiger partial charge in [-0.25, -0.2) is 0 Å². The van der Waals surface area contributed by atoms with E-state index in [-0.39, 0.29) is 6.10 Å². The van der Waals surface area contributed by atoms with Crippen LogP contribution in [-0.4, -0.2) is 60.5 Å². The maximum Gasteiger partial charge on any atom is 0.151 e. The number of nitrogens with one attached hydrogen (secondary N) is 1. The topological polar surface area (TPSA) is 52.6 Å². The Labute approximate surface area is 223 Å². The molecule has 5 fully saturated rings. The van der Waals surface area contributed by atoms with Crippen molar-refractivity contribution in [3.05, 3.63) is 0 Å². The van der Waals surface area contributed by atoms with Gasteiger partial charge in [0.05, 0.1) is 6.10 Å². The average molecular weight is 519 g/mol. The smallest absolute Gasteiger partial charge is 0.151 e. The molecular formula is C31H55N2O2P. The van der Waals surface area contributed by atoms with Crippen molar-refractivity contribution in [1.82, 2.24) is 10.2 Å². The van der Waals surface area contributed by atoms with Gasteiger partial charge in [-0.2, -0.15) is 0 Å². The van der Waals surface area contributed by atoms with Gasteiger partial charge in [-0.3, -0.25) is 4.79 Å². The van der Waals surface area contributed by atoms with Crippen LogP contribution < -0.4 is 5.32 Å². The van der Waals surface area contributed by atoms with Crippen LogP contribution in [0.2, 0.25) is 0 Å². The van der Waals surface area contributed by atoms with Crippen molar-refractivity contribution >= 4 is 14.1 Å². The zero-order valence-electron chi connectivity index (χ0n) is 23.6. The highest BCUT2D eigenvalue weighted by molar-refractivity contribution is 7.57. The number of piperidine rings is 1. The van der Waals surface area contributed by atoms with E-state index in [1.807, 2.05) is 6.66 Å². The van der Waals surface area contributed by atoms with Gasteiger partial charge >= 0.3 is 0 Å². The summed E-state index contributed by atoms with van der Waals surface area (Å²) in [6, 6.07) is 0.593. The quantitative estimate of drug-likeness (QED) is 0.364. The van der Waals surface area contributed by atoms with Gasteiger partial charge in [0.2, 0.25) is 0 Å². The fourth-order valence-corrected chi connectivity index (χ4v) is 10.7. The first-order valence-corrected chi connectivity index (χ1v) is 17.2. The Morgan fingerprint density at radius 2 is 1.72 bits per heavy atom. The molecule has 1 heterocycles. The van der Waals surface area contributed by atoms with Crippen LogP contribution >= 0.6 is 8.58 Å². The maximum atomic E-state index is 11.9. The maximum absolute atomic E-state index is 11.9. The molecule has 0 spiro atoms. The number of aliphatic hydroxyl groups excluding tert-OH is 1. The molecule has 0 amide bonds. The zero-order chi connectivity index (χ0) is 25.3. The normalized spacial score (nSPS) is 45.4. The van der Waals surface area contributed by atoms with Gasteiger partial charge in [0.1, 0.15) is 0 Å². The number of aliphatic hydroxyl groups is 1. The van der Waals surface area contributed by atoms with E-state index >= 15 is 0 Å². The van der Waals surface area contributed by atoms with Crippen molar-refractivity contribution in [1.29, 1.82) is 0 Å². The van der Waals surface area contributed by atoms with Crippen molar-refractivity contribution in [3.63, 3.8) is 0 Å². The first-order chi connectivity index (χ1) is 17.3. The van der Waals surface area contributed by atoms with Gasteiger partial charge in [0.15, 0.2) is 5.52 Å². The lowest BCUT2D eigenvalue weighted by molar-refractivity contribution is -0.161. The first kappa shape index (κ1) is 27.5. The minimum Gasteiger partial charge on any atom is -0.393 e. The highest BCUT2D eigenvalue weighted by Crippen LogP contribution is 2.67. The van der Waals surface area contributed by atoms with Crippen molar-refractivity contribution in [2.45, 2.75) is 116 Å². The monoisotopic (exact) mass is 518 g/mol. The Kier molecular flexibility index (Phi) is 8.88. The number of fused-ring (bicyclic) bond motifs is 5. The molecule has 1 aliphatic heterocycles. The SMILES string of the molecule is CPC(=O)CCCC1CCC2C3C[C@H](O)C4CC(NCCN5CCCCC5)CCC4(C)C3CCC12C. The minimum absolute atomic E-state index is 0.118. The molecule has 9 unspecified atom stereocenters. The van der Waals surface area contributed by atoms with E-state index in [2.05, 4.69) is 24.1 Å². The third-order valence-corrected chi connectivity index (χ3v) is 13.2. The van der Waals surface area contributed by atoms with Crippen LogP contribution in [0.15, 0.2) is 0 Å². The number of likely N-dealkylation sites (tertiary alicyclic amines) is 1. The second-order valence-electron chi connectivity index (χ2n) is 14.0. The molecule has 0 aromatic heterocycles. The molecule has 5 rings (SSSR count). The van der Waals surface area contributed by atoms with Crippen LogP contribution in [0.3, 0.4) is 0 Å². The summed E-state index contributed by atoms with van der Waals surface area (Å²) in [5.41, 5.74) is 1.22. The molecule has 0 bridgehead atoms. The number of nitrogens with zero attached hydrogens (tertiary/aromatic N) is 1. The summed E-state index contributed by atoms with van der Waals surface area (Å²) in [5, 5.41) is 15.5. The summed E-state index contributed by atoms with van der Waals surface area (Å²) in [7, 11) is 0.463. The van der Waals surface area contributed by atoms with Gasteiger partial charge in [-0.05, 0) is 137 Å². The molecular weight excluding hydrogens is 463 g/mol. The van der Waals surface area contributed by atoms with Crippen LogP contribution in [0.1, 0.15) is 104 Å². The van der Waals surface area contributed by atoms with E-state index in [1.165, 1.54) is 90.3 Å². The summed E-state index contributed by atoms with van der Waals surface area (Å²) >= 11 is 0. The summed E-state index contributed by atoms with van der Waals surface area (Å²) in [6.07, 6.45) is 17.4. The van der Waals surface area contributed by atoms with E-state index in [9.17, 15) is 9.90 Å². The molecule has 4 saturated carbocycles. The molecule has 36 heavy (non-hydrogen) atoms. The lowest BCUT2D eigenvalue weighted by Gasteiger charge is -2.62. The Bertz CT molecular complexity index is 757. The Morgan fingerprint density at radius 1 is 0.972 bits per heavy atom. The Morgan fingerprint density at radius 3 is 2.50 bits per heavy atom. The second kappa shape index (κ2) is 11.6. The Hall–Kier alpha value is -0.0200. The molecule has 1 saturated heterocycles. The molecule has 206 valence electrons. The highest BCUT2D eigenvalue weighted by Gasteiger charge is 2.61. The van der Waals surface area contributed by atoms with Crippen LogP contribution in [-0.2, 0) is 4.79 Å². The number of carbonyl (C=O) groups is 1. The summed E-state index contributed by atoms with van der Waals surface area (Å²) in [5.74, 6) is 3.58. The van der Waals surface area contributed by atoms with Crippen LogP contribution in [0.4, 0.5) is 0 Å². The third kappa shape index (κ3) is 5.37. The molecule has 2 N–H and O–H groups in total. The van der Waals surface area contributed by atoms with E-state index < -0.39 is 0 Å². The predicted octanol–water partition coefficient (Wildman–Crippen LogP) is 6.07. The fourth-order valence-electron chi connectivity index (χ4n) is 10.3. The summed E-state index contributed by atoms with van der Waals surface area (Å²) < 4.78 is 0. The van der Waals surface area contributed by atoms with Crippen LogP contribution in [0.5, 0.6) is 0 Å².